The van der Waals surface area contributed by atoms with E-state index >= 15 is 0 Å². The summed E-state index contributed by atoms with van der Waals surface area (Å²) in [6, 6.07) is -0.559. The van der Waals surface area contributed by atoms with E-state index < -0.39 is 12.0 Å². The summed E-state index contributed by atoms with van der Waals surface area (Å²) in [6.45, 7) is 7.86. The van der Waals surface area contributed by atoms with Crippen LogP contribution in [0.3, 0.4) is 0 Å². The summed E-state index contributed by atoms with van der Waals surface area (Å²) in [5, 5.41) is 20.2. The van der Waals surface area contributed by atoms with E-state index in [1.54, 1.807) is 6.92 Å². The van der Waals surface area contributed by atoms with Gasteiger partial charge in [-0.3, -0.25) is 4.79 Å². The molecule has 0 aliphatic heterocycles. The van der Waals surface area contributed by atoms with Gasteiger partial charge >= 0.3 is 5.97 Å². The first-order valence-electron chi connectivity index (χ1n) is 4.25. The largest absolute Gasteiger partial charge is 0.480 e. The molecule has 0 fully saturated rings. The number of rotatable bonds is 5. The molecule has 0 saturated carbocycles. The lowest BCUT2D eigenvalue weighted by atomic mass is 9.95. The molecule has 0 amide bonds. The van der Waals surface area contributed by atoms with Gasteiger partial charge in [0.1, 0.15) is 12.8 Å². The molecular weight excluding hydrogens is 186 g/mol. The predicted octanol–water partition coefficient (Wildman–Crippen LogP) is -0.117. The molecule has 0 aromatic heterocycles. The Morgan fingerprint density at radius 3 is 2.21 bits per heavy atom. The van der Waals surface area contributed by atoms with Crippen LogP contribution in [0.1, 0.15) is 20.8 Å². The number of carboxylic acids is 1. The van der Waals surface area contributed by atoms with Crippen molar-refractivity contribution >= 4 is 12.8 Å². The standard InChI is InChI=1S/C8H17NO3.CH2O/c1-6(7(11)12)9-4-8(2,3)5-10;1-2/h6,9-10H,4-5H2,1-3H3,(H,11,12);1H2. The Labute approximate surface area is 84.1 Å². The number of carbonyl (C=O) groups is 2. The quantitative estimate of drug-likeness (QED) is 0.582. The summed E-state index contributed by atoms with van der Waals surface area (Å²) in [5.41, 5.74) is -0.260. The smallest absolute Gasteiger partial charge is 0.320 e. The van der Waals surface area contributed by atoms with Crippen LogP contribution in [0.15, 0.2) is 0 Å². The highest BCUT2D eigenvalue weighted by Gasteiger charge is 2.19. The average molecular weight is 205 g/mol. The molecule has 5 nitrogen and oxygen atoms in total. The molecule has 0 radical (unpaired) electrons. The first-order valence-corrected chi connectivity index (χ1v) is 4.25. The molecule has 0 aromatic rings. The lowest BCUT2D eigenvalue weighted by Crippen LogP contribution is -2.41. The molecule has 0 aliphatic rings. The summed E-state index contributed by atoms with van der Waals surface area (Å²) in [6.07, 6.45) is 0. The van der Waals surface area contributed by atoms with Crippen LogP contribution in [0, 0.1) is 5.41 Å². The molecule has 84 valence electrons. The lowest BCUT2D eigenvalue weighted by Gasteiger charge is -2.23. The maximum Gasteiger partial charge on any atom is 0.320 e. The van der Waals surface area contributed by atoms with E-state index in [4.69, 9.17) is 15.0 Å². The highest BCUT2D eigenvalue weighted by Crippen LogP contribution is 2.11. The second kappa shape index (κ2) is 7.46. The van der Waals surface area contributed by atoms with Gasteiger partial charge in [-0.1, -0.05) is 13.8 Å². The van der Waals surface area contributed by atoms with Gasteiger partial charge < -0.3 is 20.3 Å². The number of carbonyl (C=O) groups excluding carboxylic acids is 1. The van der Waals surface area contributed by atoms with Crippen LogP contribution in [-0.4, -0.2) is 42.2 Å². The lowest BCUT2D eigenvalue weighted by molar-refractivity contribution is -0.139. The SMILES string of the molecule is C=O.CC(NCC(C)(C)CO)C(=O)O. The molecule has 0 heterocycles. The van der Waals surface area contributed by atoms with Crippen molar-refractivity contribution in [1.82, 2.24) is 5.32 Å². The maximum atomic E-state index is 10.4. The zero-order valence-corrected chi connectivity index (χ0v) is 8.91. The number of carboxylic acid groups (broad SMARTS) is 1. The van der Waals surface area contributed by atoms with Gasteiger partial charge in [0.05, 0.1) is 0 Å². The van der Waals surface area contributed by atoms with Crippen molar-refractivity contribution in [2.45, 2.75) is 26.8 Å². The summed E-state index contributed by atoms with van der Waals surface area (Å²) in [5.74, 6) is -0.872. The van der Waals surface area contributed by atoms with Crippen LogP contribution in [0.25, 0.3) is 0 Å². The van der Waals surface area contributed by atoms with Gasteiger partial charge in [0.15, 0.2) is 0 Å². The zero-order valence-electron chi connectivity index (χ0n) is 8.91. The molecule has 1 unspecified atom stereocenters. The zero-order chi connectivity index (χ0) is 11.8. The normalized spacial score (nSPS) is 12.6. The Morgan fingerprint density at radius 1 is 1.50 bits per heavy atom. The number of aliphatic hydroxyl groups is 1. The second-order valence-electron chi connectivity index (χ2n) is 3.76. The third-order valence-corrected chi connectivity index (χ3v) is 1.69. The number of hydrogen-bond donors (Lipinski definition) is 3. The van der Waals surface area contributed by atoms with E-state index in [1.165, 1.54) is 0 Å². The van der Waals surface area contributed by atoms with Crippen LogP contribution in [0.2, 0.25) is 0 Å². The molecule has 0 aliphatic carbocycles. The number of aliphatic hydroxyl groups excluding tert-OH is 1. The van der Waals surface area contributed by atoms with Gasteiger partial charge in [0.2, 0.25) is 0 Å². The Balaban J connectivity index is 0. The topological polar surface area (TPSA) is 86.6 Å². The Morgan fingerprint density at radius 2 is 1.93 bits per heavy atom. The predicted molar refractivity (Wildman–Crippen MR) is 53.1 cm³/mol. The monoisotopic (exact) mass is 205 g/mol. The van der Waals surface area contributed by atoms with Gasteiger partial charge in [0.25, 0.3) is 0 Å². The van der Waals surface area contributed by atoms with Crippen molar-refractivity contribution in [3.05, 3.63) is 0 Å². The molecular formula is C9H19NO4. The first kappa shape index (κ1) is 15.5. The minimum absolute atomic E-state index is 0.0480. The molecule has 5 heteroatoms. The van der Waals surface area contributed by atoms with Crippen LogP contribution in [-0.2, 0) is 9.59 Å². The van der Waals surface area contributed by atoms with Gasteiger partial charge in [-0.2, -0.15) is 0 Å². The van der Waals surface area contributed by atoms with E-state index in [9.17, 15) is 4.79 Å². The fourth-order valence-corrected chi connectivity index (χ4v) is 0.573. The number of nitrogens with one attached hydrogen (secondary N) is 1. The average Bonchev–Trinajstić information content (AvgIpc) is 2.17. The van der Waals surface area contributed by atoms with Crippen LogP contribution < -0.4 is 5.32 Å². The number of hydrogen-bond acceptors (Lipinski definition) is 4. The van der Waals surface area contributed by atoms with Crippen LogP contribution >= 0.6 is 0 Å². The van der Waals surface area contributed by atoms with E-state index in [1.807, 2.05) is 20.6 Å². The molecule has 0 spiro atoms. The fraction of sp³-hybridized carbons (Fsp3) is 0.778. The van der Waals surface area contributed by atoms with Gasteiger partial charge in [0, 0.05) is 18.6 Å². The molecule has 14 heavy (non-hydrogen) atoms. The molecule has 0 aromatic carbocycles. The highest BCUT2D eigenvalue weighted by molar-refractivity contribution is 5.72. The van der Waals surface area contributed by atoms with Gasteiger partial charge in [-0.25, -0.2) is 0 Å². The Bertz CT molecular complexity index is 170. The minimum Gasteiger partial charge on any atom is -0.480 e. The Kier molecular flexibility index (Phi) is 8.28. The summed E-state index contributed by atoms with van der Waals surface area (Å²) in [7, 11) is 0. The number of aliphatic carboxylic acids is 1. The second-order valence-corrected chi connectivity index (χ2v) is 3.76. The van der Waals surface area contributed by atoms with Crippen LogP contribution in [0.4, 0.5) is 0 Å². The first-order chi connectivity index (χ1) is 6.39. The van der Waals surface area contributed by atoms with Crippen molar-refractivity contribution < 1.29 is 19.8 Å². The van der Waals surface area contributed by atoms with Crippen molar-refractivity contribution in [1.29, 1.82) is 0 Å². The van der Waals surface area contributed by atoms with E-state index in [0.717, 1.165) is 0 Å². The van der Waals surface area contributed by atoms with Crippen LogP contribution in [0.5, 0.6) is 0 Å². The molecule has 1 atom stereocenters. The maximum absolute atomic E-state index is 10.4. The Hall–Kier alpha value is -0.940. The third-order valence-electron chi connectivity index (χ3n) is 1.69. The summed E-state index contributed by atoms with van der Waals surface area (Å²) >= 11 is 0. The van der Waals surface area contributed by atoms with Gasteiger partial charge in [-0.05, 0) is 6.92 Å². The van der Waals surface area contributed by atoms with E-state index in [0.29, 0.717) is 6.54 Å². The third kappa shape index (κ3) is 7.70. The van der Waals surface area contributed by atoms with Crippen molar-refractivity contribution in [3.8, 4) is 0 Å². The molecule has 0 saturated heterocycles. The van der Waals surface area contributed by atoms with Crippen molar-refractivity contribution in [2.75, 3.05) is 13.2 Å². The molecule has 3 N–H and O–H groups in total. The summed E-state index contributed by atoms with van der Waals surface area (Å²) < 4.78 is 0. The van der Waals surface area contributed by atoms with E-state index in [2.05, 4.69) is 5.32 Å². The summed E-state index contributed by atoms with van der Waals surface area (Å²) in [4.78, 5) is 18.4. The van der Waals surface area contributed by atoms with Crippen molar-refractivity contribution in [2.24, 2.45) is 5.41 Å². The molecule has 0 rings (SSSR count). The van der Waals surface area contributed by atoms with Crippen molar-refractivity contribution in [3.63, 3.8) is 0 Å². The molecule has 0 bridgehead atoms. The van der Waals surface area contributed by atoms with E-state index in [-0.39, 0.29) is 12.0 Å². The minimum atomic E-state index is -0.872. The van der Waals surface area contributed by atoms with Gasteiger partial charge in [-0.15, -0.1) is 0 Å². The fourth-order valence-electron chi connectivity index (χ4n) is 0.573. The highest BCUT2D eigenvalue weighted by atomic mass is 16.4.